The molecule has 2 amide bonds. The Morgan fingerprint density at radius 1 is 1.38 bits per heavy atom. The molecule has 0 aliphatic rings. The zero-order valence-electron chi connectivity index (χ0n) is 10.6. The molecule has 1 atom stereocenters. The van der Waals surface area contributed by atoms with Crippen molar-refractivity contribution in [2.45, 2.75) is 44.5 Å². The summed E-state index contributed by atoms with van der Waals surface area (Å²) < 4.78 is 0. The highest BCUT2D eigenvalue weighted by atomic mass is 79.9. The van der Waals surface area contributed by atoms with Crippen LogP contribution >= 0.6 is 15.9 Å². The van der Waals surface area contributed by atoms with E-state index in [0.717, 1.165) is 0 Å². The van der Waals surface area contributed by atoms with Crippen LogP contribution in [-0.4, -0.2) is 40.7 Å². The van der Waals surface area contributed by atoms with Crippen LogP contribution in [0.3, 0.4) is 0 Å². The number of halogens is 1. The lowest BCUT2D eigenvalue weighted by atomic mass is 10.1. The van der Waals surface area contributed by atoms with Crippen LogP contribution in [0.15, 0.2) is 0 Å². The molecule has 94 valence electrons. The Morgan fingerprint density at radius 3 is 2.25 bits per heavy atom. The summed E-state index contributed by atoms with van der Waals surface area (Å²) in [5.74, 6) is -0.203. The lowest BCUT2D eigenvalue weighted by Crippen LogP contribution is -2.47. The van der Waals surface area contributed by atoms with Crippen molar-refractivity contribution in [2.24, 2.45) is 0 Å². The molecule has 0 fully saturated rings. The second kappa shape index (κ2) is 6.23. The van der Waals surface area contributed by atoms with Gasteiger partial charge in [-0.2, -0.15) is 0 Å². The molecule has 0 saturated heterocycles. The van der Waals surface area contributed by atoms with Gasteiger partial charge in [0.15, 0.2) is 0 Å². The summed E-state index contributed by atoms with van der Waals surface area (Å²) in [7, 11) is 1.63. The van der Waals surface area contributed by atoms with Crippen LogP contribution in [0.5, 0.6) is 0 Å². The lowest BCUT2D eigenvalue weighted by molar-refractivity contribution is -0.134. The van der Waals surface area contributed by atoms with E-state index in [9.17, 15) is 9.59 Å². The van der Waals surface area contributed by atoms with Gasteiger partial charge in [0.05, 0.1) is 11.4 Å². The third kappa shape index (κ3) is 6.10. The largest absolute Gasteiger partial charge is 0.350 e. The summed E-state index contributed by atoms with van der Waals surface area (Å²) in [5, 5.41) is 2.81. The Labute approximate surface area is 106 Å². The van der Waals surface area contributed by atoms with Gasteiger partial charge in [0.25, 0.3) is 0 Å². The van der Waals surface area contributed by atoms with E-state index in [0.29, 0.717) is 6.42 Å². The molecule has 0 bridgehead atoms. The summed E-state index contributed by atoms with van der Waals surface area (Å²) >= 11 is 3.27. The van der Waals surface area contributed by atoms with Crippen LogP contribution in [0.2, 0.25) is 0 Å². The molecule has 0 spiro atoms. The Balaban J connectivity index is 4.20. The summed E-state index contributed by atoms with van der Waals surface area (Å²) in [5.41, 5.74) is -0.264. The minimum absolute atomic E-state index is 0.0634. The van der Waals surface area contributed by atoms with Crippen molar-refractivity contribution < 1.29 is 9.59 Å². The molecular formula is C11H21BrN2O2. The molecule has 4 nitrogen and oxygen atoms in total. The average Bonchev–Trinajstić information content (AvgIpc) is 2.12. The van der Waals surface area contributed by atoms with Crippen molar-refractivity contribution in [3.05, 3.63) is 0 Å². The molecule has 0 heterocycles. The fourth-order valence-corrected chi connectivity index (χ4v) is 1.51. The first-order valence-electron chi connectivity index (χ1n) is 5.37. The molecule has 0 aliphatic heterocycles. The van der Waals surface area contributed by atoms with Gasteiger partial charge in [-0.05, 0) is 27.2 Å². The standard InChI is InChI=1S/C11H21BrN2O2/c1-6-8(12)10(16)14(5)7-9(15)13-11(2,3)4/h8H,6-7H2,1-5H3,(H,13,15). The molecule has 0 aromatic rings. The van der Waals surface area contributed by atoms with E-state index in [-0.39, 0.29) is 28.7 Å². The Kier molecular flexibility index (Phi) is 6.00. The third-order valence-electron chi connectivity index (χ3n) is 1.90. The summed E-state index contributed by atoms with van der Waals surface area (Å²) in [6.07, 6.45) is 0.712. The zero-order chi connectivity index (χ0) is 12.9. The monoisotopic (exact) mass is 292 g/mol. The molecule has 16 heavy (non-hydrogen) atoms. The van der Waals surface area contributed by atoms with Crippen LogP contribution in [-0.2, 0) is 9.59 Å². The first-order chi connectivity index (χ1) is 7.17. The van der Waals surface area contributed by atoms with E-state index in [1.807, 2.05) is 27.7 Å². The quantitative estimate of drug-likeness (QED) is 0.799. The second-order valence-corrected chi connectivity index (χ2v) is 5.97. The fraction of sp³-hybridized carbons (Fsp3) is 0.818. The first-order valence-corrected chi connectivity index (χ1v) is 6.29. The molecule has 1 unspecified atom stereocenters. The van der Waals surface area contributed by atoms with Crippen molar-refractivity contribution in [3.63, 3.8) is 0 Å². The molecule has 0 aromatic carbocycles. The highest BCUT2D eigenvalue weighted by Gasteiger charge is 2.21. The minimum Gasteiger partial charge on any atom is -0.350 e. The van der Waals surface area contributed by atoms with E-state index in [1.54, 1.807) is 7.05 Å². The maximum atomic E-state index is 11.7. The van der Waals surface area contributed by atoms with Gasteiger partial charge in [0.2, 0.25) is 11.8 Å². The lowest BCUT2D eigenvalue weighted by Gasteiger charge is -2.24. The Morgan fingerprint density at radius 2 is 1.88 bits per heavy atom. The Hall–Kier alpha value is -0.580. The summed E-state index contributed by atoms with van der Waals surface area (Å²) in [4.78, 5) is 24.5. The fourth-order valence-electron chi connectivity index (χ4n) is 1.16. The molecule has 0 rings (SSSR count). The average molecular weight is 293 g/mol. The normalized spacial score (nSPS) is 13.1. The maximum Gasteiger partial charge on any atom is 0.240 e. The number of alkyl halides is 1. The van der Waals surface area contributed by atoms with Crippen molar-refractivity contribution in [3.8, 4) is 0 Å². The van der Waals surface area contributed by atoms with Crippen LogP contribution in [0.4, 0.5) is 0 Å². The van der Waals surface area contributed by atoms with E-state index in [2.05, 4.69) is 21.2 Å². The SMILES string of the molecule is CCC(Br)C(=O)N(C)CC(=O)NC(C)(C)C. The third-order valence-corrected chi connectivity index (χ3v) is 2.94. The zero-order valence-corrected chi connectivity index (χ0v) is 12.2. The predicted octanol–water partition coefficient (Wildman–Crippen LogP) is 1.53. The van der Waals surface area contributed by atoms with Gasteiger partial charge in [-0.15, -0.1) is 0 Å². The van der Waals surface area contributed by atoms with Gasteiger partial charge in [-0.3, -0.25) is 9.59 Å². The van der Waals surface area contributed by atoms with Gasteiger partial charge >= 0.3 is 0 Å². The molecule has 0 aliphatic carbocycles. The van der Waals surface area contributed by atoms with Crippen LogP contribution in [0.1, 0.15) is 34.1 Å². The summed E-state index contributed by atoms with van der Waals surface area (Å²) in [6.45, 7) is 7.74. The van der Waals surface area contributed by atoms with Gasteiger partial charge in [-0.25, -0.2) is 0 Å². The minimum atomic E-state index is -0.264. The summed E-state index contributed by atoms with van der Waals surface area (Å²) in [6, 6.07) is 0. The van der Waals surface area contributed by atoms with E-state index >= 15 is 0 Å². The van der Waals surface area contributed by atoms with Crippen molar-refractivity contribution in [1.82, 2.24) is 10.2 Å². The molecule has 0 saturated carbocycles. The number of nitrogens with zero attached hydrogens (tertiary/aromatic N) is 1. The highest BCUT2D eigenvalue weighted by molar-refractivity contribution is 9.10. The van der Waals surface area contributed by atoms with Gasteiger partial charge in [-0.1, -0.05) is 22.9 Å². The van der Waals surface area contributed by atoms with Crippen LogP contribution < -0.4 is 5.32 Å². The number of hydrogen-bond donors (Lipinski definition) is 1. The van der Waals surface area contributed by atoms with E-state index in [4.69, 9.17) is 0 Å². The van der Waals surface area contributed by atoms with Gasteiger partial charge in [0, 0.05) is 12.6 Å². The topological polar surface area (TPSA) is 49.4 Å². The van der Waals surface area contributed by atoms with Crippen molar-refractivity contribution >= 4 is 27.7 Å². The number of amides is 2. The number of rotatable bonds is 4. The van der Waals surface area contributed by atoms with Crippen LogP contribution in [0.25, 0.3) is 0 Å². The number of likely N-dealkylation sites (N-methyl/N-ethyl adjacent to an activating group) is 1. The molecule has 0 radical (unpaired) electrons. The van der Waals surface area contributed by atoms with Gasteiger partial charge < -0.3 is 10.2 Å². The van der Waals surface area contributed by atoms with E-state index < -0.39 is 0 Å². The molecule has 1 N–H and O–H groups in total. The van der Waals surface area contributed by atoms with Crippen molar-refractivity contribution in [2.75, 3.05) is 13.6 Å². The number of carbonyl (C=O) groups is 2. The van der Waals surface area contributed by atoms with E-state index in [1.165, 1.54) is 4.90 Å². The van der Waals surface area contributed by atoms with Gasteiger partial charge in [0.1, 0.15) is 0 Å². The number of carbonyl (C=O) groups excluding carboxylic acids is 2. The predicted molar refractivity (Wildman–Crippen MR) is 68.5 cm³/mol. The number of nitrogens with one attached hydrogen (secondary N) is 1. The number of hydrogen-bond acceptors (Lipinski definition) is 2. The maximum absolute atomic E-state index is 11.7. The van der Waals surface area contributed by atoms with Crippen LogP contribution in [0, 0.1) is 0 Å². The highest BCUT2D eigenvalue weighted by Crippen LogP contribution is 2.07. The molecular weight excluding hydrogens is 272 g/mol. The Bertz CT molecular complexity index is 261. The second-order valence-electron chi connectivity index (χ2n) is 4.87. The molecule has 0 aromatic heterocycles. The smallest absolute Gasteiger partial charge is 0.240 e. The first kappa shape index (κ1) is 15.4. The van der Waals surface area contributed by atoms with Crippen molar-refractivity contribution in [1.29, 1.82) is 0 Å². The molecule has 5 heteroatoms.